The Kier molecular flexibility index (Phi) is 3.10. The zero-order valence-corrected chi connectivity index (χ0v) is 12.5. The maximum absolute atomic E-state index is 5.47. The Bertz CT molecular complexity index is 845. The molecule has 0 amide bonds. The van der Waals surface area contributed by atoms with Crippen LogP contribution in [0.25, 0.3) is 16.7 Å². The summed E-state index contributed by atoms with van der Waals surface area (Å²) >= 11 is 5.47. The van der Waals surface area contributed by atoms with E-state index in [-0.39, 0.29) is 0 Å². The summed E-state index contributed by atoms with van der Waals surface area (Å²) in [4.78, 5) is 3.23. The fourth-order valence-corrected chi connectivity index (χ4v) is 2.70. The average molecular weight is 284 g/mol. The molecule has 4 heteroatoms. The number of ether oxygens (including phenoxy) is 1. The number of nitrogens with zero attached hydrogens (tertiary/aromatic N) is 1. The van der Waals surface area contributed by atoms with E-state index >= 15 is 0 Å². The molecule has 102 valence electrons. The summed E-state index contributed by atoms with van der Waals surface area (Å²) in [6, 6.07) is 12.3. The van der Waals surface area contributed by atoms with Crippen LogP contribution in [0.2, 0.25) is 0 Å². The zero-order chi connectivity index (χ0) is 14.3. The van der Waals surface area contributed by atoms with Crippen molar-refractivity contribution in [1.29, 1.82) is 0 Å². The summed E-state index contributed by atoms with van der Waals surface area (Å²) in [5, 5.41) is 0. The van der Waals surface area contributed by atoms with Crippen molar-refractivity contribution in [2.45, 2.75) is 13.8 Å². The maximum atomic E-state index is 5.47. The third-order valence-electron chi connectivity index (χ3n) is 3.65. The minimum absolute atomic E-state index is 0.674. The highest BCUT2D eigenvalue weighted by Gasteiger charge is 2.10. The van der Waals surface area contributed by atoms with Crippen molar-refractivity contribution in [2.75, 3.05) is 7.11 Å². The number of methoxy groups -OCH3 is 1. The van der Waals surface area contributed by atoms with E-state index in [2.05, 4.69) is 37.0 Å². The number of fused-ring (bicyclic) bond motifs is 1. The number of hydrogen-bond acceptors (Lipinski definition) is 2. The normalized spacial score (nSPS) is 10.9. The molecule has 0 aliphatic heterocycles. The lowest BCUT2D eigenvalue weighted by Gasteiger charge is -2.08. The van der Waals surface area contributed by atoms with Crippen LogP contribution in [-0.4, -0.2) is 16.7 Å². The lowest BCUT2D eigenvalue weighted by molar-refractivity contribution is 0.419. The fourth-order valence-electron chi connectivity index (χ4n) is 2.39. The molecular weight excluding hydrogens is 268 g/mol. The molecule has 20 heavy (non-hydrogen) atoms. The third kappa shape index (κ3) is 1.93. The Morgan fingerprint density at radius 2 is 1.90 bits per heavy atom. The first-order valence-electron chi connectivity index (χ1n) is 6.47. The van der Waals surface area contributed by atoms with Gasteiger partial charge in [0.1, 0.15) is 11.3 Å². The molecule has 0 aliphatic rings. The number of rotatable bonds is 2. The van der Waals surface area contributed by atoms with Crippen LogP contribution in [-0.2, 0) is 0 Å². The van der Waals surface area contributed by atoms with E-state index in [0.717, 1.165) is 22.5 Å². The monoisotopic (exact) mass is 284 g/mol. The van der Waals surface area contributed by atoms with Crippen LogP contribution in [0.1, 0.15) is 11.1 Å². The van der Waals surface area contributed by atoms with Gasteiger partial charge in [-0.25, -0.2) is 0 Å². The highest BCUT2D eigenvalue weighted by Crippen LogP contribution is 2.27. The van der Waals surface area contributed by atoms with E-state index < -0.39 is 0 Å². The van der Waals surface area contributed by atoms with Crippen LogP contribution in [0.4, 0.5) is 0 Å². The summed E-state index contributed by atoms with van der Waals surface area (Å²) in [5.41, 5.74) is 5.55. The molecule has 1 aromatic heterocycles. The van der Waals surface area contributed by atoms with Gasteiger partial charge in [-0.3, -0.25) is 4.57 Å². The summed E-state index contributed by atoms with van der Waals surface area (Å²) in [6.07, 6.45) is 0. The summed E-state index contributed by atoms with van der Waals surface area (Å²) in [5.74, 6) is 0.802. The van der Waals surface area contributed by atoms with Gasteiger partial charge in [-0.15, -0.1) is 0 Å². The number of aromatic nitrogens is 2. The molecule has 0 saturated carbocycles. The fraction of sp³-hybridized carbons (Fsp3) is 0.188. The van der Waals surface area contributed by atoms with Crippen molar-refractivity contribution in [3.05, 3.63) is 52.3 Å². The van der Waals surface area contributed by atoms with Crippen molar-refractivity contribution in [2.24, 2.45) is 0 Å². The third-order valence-corrected chi connectivity index (χ3v) is 3.93. The molecule has 1 heterocycles. The predicted octanol–water partition coefficient (Wildman–Crippen LogP) is 4.31. The maximum Gasteiger partial charge on any atom is 0.182 e. The number of benzene rings is 2. The lowest BCUT2D eigenvalue weighted by atomic mass is 10.1. The molecule has 2 aromatic carbocycles. The minimum atomic E-state index is 0.674. The predicted molar refractivity (Wildman–Crippen MR) is 84.5 cm³/mol. The van der Waals surface area contributed by atoms with Gasteiger partial charge < -0.3 is 9.72 Å². The van der Waals surface area contributed by atoms with Gasteiger partial charge in [-0.1, -0.05) is 12.1 Å². The summed E-state index contributed by atoms with van der Waals surface area (Å²) < 4.78 is 8.10. The van der Waals surface area contributed by atoms with E-state index in [0.29, 0.717) is 4.77 Å². The SMILES string of the molecule is COc1cccc2c1[nH]c(=S)n2-c1ccc(C)c(C)c1. The van der Waals surface area contributed by atoms with Crippen LogP contribution in [0.5, 0.6) is 5.75 Å². The van der Waals surface area contributed by atoms with Crippen LogP contribution >= 0.6 is 12.2 Å². The van der Waals surface area contributed by atoms with Crippen molar-refractivity contribution >= 4 is 23.3 Å². The van der Waals surface area contributed by atoms with Crippen molar-refractivity contribution < 1.29 is 4.74 Å². The number of nitrogens with one attached hydrogen (secondary N) is 1. The molecule has 0 spiro atoms. The Labute approximate surface area is 122 Å². The van der Waals surface area contributed by atoms with E-state index in [1.165, 1.54) is 11.1 Å². The highest BCUT2D eigenvalue weighted by atomic mass is 32.1. The largest absolute Gasteiger partial charge is 0.494 e. The number of aryl methyl sites for hydroxylation is 2. The Morgan fingerprint density at radius 3 is 2.60 bits per heavy atom. The van der Waals surface area contributed by atoms with Gasteiger partial charge in [0.15, 0.2) is 4.77 Å². The zero-order valence-electron chi connectivity index (χ0n) is 11.7. The molecule has 0 atom stereocenters. The number of aromatic amines is 1. The van der Waals surface area contributed by atoms with Gasteiger partial charge in [-0.05, 0) is 61.5 Å². The average Bonchev–Trinajstić information content (AvgIpc) is 2.78. The number of para-hydroxylation sites is 1. The first-order chi connectivity index (χ1) is 9.61. The Morgan fingerprint density at radius 1 is 1.10 bits per heavy atom. The molecule has 3 rings (SSSR count). The van der Waals surface area contributed by atoms with Gasteiger partial charge in [0, 0.05) is 5.69 Å². The van der Waals surface area contributed by atoms with Crippen molar-refractivity contribution in [1.82, 2.24) is 9.55 Å². The van der Waals surface area contributed by atoms with E-state index in [9.17, 15) is 0 Å². The van der Waals surface area contributed by atoms with Crippen molar-refractivity contribution in [3.63, 3.8) is 0 Å². The topological polar surface area (TPSA) is 29.9 Å². The van der Waals surface area contributed by atoms with Crippen LogP contribution in [0, 0.1) is 18.6 Å². The number of H-pyrrole nitrogens is 1. The lowest BCUT2D eigenvalue weighted by Crippen LogP contribution is -1.95. The van der Waals surface area contributed by atoms with Gasteiger partial charge in [0.25, 0.3) is 0 Å². The summed E-state index contributed by atoms with van der Waals surface area (Å²) in [6.45, 7) is 4.22. The number of hydrogen-bond donors (Lipinski definition) is 1. The first kappa shape index (κ1) is 12.9. The van der Waals surface area contributed by atoms with E-state index in [1.54, 1.807) is 7.11 Å². The first-order valence-corrected chi connectivity index (χ1v) is 6.88. The van der Waals surface area contributed by atoms with Gasteiger partial charge in [0.2, 0.25) is 0 Å². The van der Waals surface area contributed by atoms with E-state index in [4.69, 9.17) is 17.0 Å². The second-order valence-electron chi connectivity index (χ2n) is 4.89. The second-order valence-corrected chi connectivity index (χ2v) is 5.28. The smallest absolute Gasteiger partial charge is 0.182 e. The van der Waals surface area contributed by atoms with Gasteiger partial charge in [0.05, 0.1) is 12.6 Å². The molecule has 3 aromatic rings. The molecular formula is C16H16N2OS. The molecule has 0 bridgehead atoms. The van der Waals surface area contributed by atoms with Crippen LogP contribution < -0.4 is 4.74 Å². The molecule has 0 fully saturated rings. The second kappa shape index (κ2) is 4.80. The van der Waals surface area contributed by atoms with E-state index in [1.807, 2.05) is 22.8 Å². The Balaban J connectivity index is 2.33. The molecule has 0 aliphatic carbocycles. The molecule has 3 nitrogen and oxygen atoms in total. The molecule has 0 unspecified atom stereocenters. The van der Waals surface area contributed by atoms with Crippen LogP contribution in [0.15, 0.2) is 36.4 Å². The highest BCUT2D eigenvalue weighted by molar-refractivity contribution is 7.71. The molecule has 0 saturated heterocycles. The quantitative estimate of drug-likeness (QED) is 0.710. The molecule has 1 N–H and O–H groups in total. The van der Waals surface area contributed by atoms with Crippen molar-refractivity contribution in [3.8, 4) is 11.4 Å². The van der Waals surface area contributed by atoms with Gasteiger partial charge in [-0.2, -0.15) is 0 Å². The summed E-state index contributed by atoms with van der Waals surface area (Å²) in [7, 11) is 1.67. The molecule has 0 radical (unpaired) electrons. The Hall–Kier alpha value is -2.07. The number of imidazole rings is 1. The standard InChI is InChI=1S/C16H16N2OS/c1-10-7-8-12(9-11(10)2)18-13-5-4-6-14(19-3)15(13)17-16(18)20/h4-9H,1-3H3,(H,17,20). The van der Waals surface area contributed by atoms with Crippen LogP contribution in [0.3, 0.4) is 0 Å². The minimum Gasteiger partial charge on any atom is -0.494 e. The van der Waals surface area contributed by atoms with Gasteiger partial charge >= 0.3 is 0 Å².